The summed E-state index contributed by atoms with van der Waals surface area (Å²) in [4.78, 5) is 7.94. The standard InChI is InChI=1S/C13H20FN3/c1-9(2)11-5-3-4-6-12(11)17-13-15-7-10(14)8-16-13/h7-9,11-12H,3-6H2,1-2H3,(H,15,16,17). The predicted octanol–water partition coefficient (Wildman–Crippen LogP) is 3.24. The molecule has 0 saturated heterocycles. The van der Waals surface area contributed by atoms with Gasteiger partial charge in [0.2, 0.25) is 5.95 Å². The van der Waals surface area contributed by atoms with Gasteiger partial charge in [-0.15, -0.1) is 0 Å². The zero-order valence-corrected chi connectivity index (χ0v) is 10.5. The zero-order valence-electron chi connectivity index (χ0n) is 10.5. The zero-order chi connectivity index (χ0) is 12.3. The Labute approximate surface area is 102 Å². The summed E-state index contributed by atoms with van der Waals surface area (Å²) in [6.07, 6.45) is 7.40. The molecular formula is C13H20FN3. The molecule has 1 aromatic rings. The van der Waals surface area contributed by atoms with Crippen molar-refractivity contribution in [2.24, 2.45) is 11.8 Å². The van der Waals surface area contributed by atoms with E-state index in [1.165, 1.54) is 31.7 Å². The molecule has 0 bridgehead atoms. The average Bonchev–Trinajstić information content (AvgIpc) is 2.32. The van der Waals surface area contributed by atoms with E-state index in [1.54, 1.807) is 0 Å². The lowest BCUT2D eigenvalue weighted by molar-refractivity contribution is 0.253. The van der Waals surface area contributed by atoms with E-state index in [2.05, 4.69) is 29.1 Å². The Hall–Kier alpha value is -1.19. The molecule has 2 unspecified atom stereocenters. The SMILES string of the molecule is CC(C)C1CCCCC1Nc1ncc(F)cn1. The topological polar surface area (TPSA) is 37.8 Å². The minimum absolute atomic E-state index is 0.389. The Bertz CT molecular complexity index is 350. The largest absolute Gasteiger partial charge is 0.351 e. The highest BCUT2D eigenvalue weighted by molar-refractivity contribution is 5.25. The second kappa shape index (κ2) is 5.43. The van der Waals surface area contributed by atoms with E-state index < -0.39 is 0 Å². The van der Waals surface area contributed by atoms with Gasteiger partial charge in [-0.3, -0.25) is 0 Å². The van der Waals surface area contributed by atoms with Crippen molar-refractivity contribution < 1.29 is 4.39 Å². The van der Waals surface area contributed by atoms with Gasteiger partial charge in [0.05, 0.1) is 12.4 Å². The summed E-state index contributed by atoms with van der Waals surface area (Å²) in [5, 5.41) is 3.35. The molecule has 0 aromatic carbocycles. The molecule has 0 aliphatic heterocycles. The number of aromatic nitrogens is 2. The molecule has 17 heavy (non-hydrogen) atoms. The van der Waals surface area contributed by atoms with E-state index in [1.807, 2.05) is 0 Å². The van der Waals surface area contributed by atoms with Crippen LogP contribution in [0, 0.1) is 17.7 Å². The second-order valence-electron chi connectivity index (χ2n) is 5.17. The number of rotatable bonds is 3. The van der Waals surface area contributed by atoms with Crippen molar-refractivity contribution in [1.29, 1.82) is 0 Å². The maximum Gasteiger partial charge on any atom is 0.223 e. The first-order chi connectivity index (χ1) is 8.16. The Morgan fingerprint density at radius 1 is 1.24 bits per heavy atom. The van der Waals surface area contributed by atoms with Crippen LogP contribution in [0.5, 0.6) is 0 Å². The van der Waals surface area contributed by atoms with Gasteiger partial charge in [0.1, 0.15) is 0 Å². The maximum atomic E-state index is 12.7. The van der Waals surface area contributed by atoms with Crippen molar-refractivity contribution >= 4 is 5.95 Å². The van der Waals surface area contributed by atoms with Crippen molar-refractivity contribution in [2.45, 2.75) is 45.6 Å². The van der Waals surface area contributed by atoms with Crippen molar-refractivity contribution in [3.8, 4) is 0 Å². The molecular weight excluding hydrogens is 217 g/mol. The van der Waals surface area contributed by atoms with Crippen LogP contribution in [-0.4, -0.2) is 16.0 Å². The van der Waals surface area contributed by atoms with Crippen molar-refractivity contribution in [3.63, 3.8) is 0 Å². The van der Waals surface area contributed by atoms with Crippen molar-refractivity contribution in [3.05, 3.63) is 18.2 Å². The lowest BCUT2D eigenvalue weighted by atomic mass is 9.78. The summed E-state index contributed by atoms with van der Waals surface area (Å²) < 4.78 is 12.7. The summed E-state index contributed by atoms with van der Waals surface area (Å²) in [5.74, 6) is 1.48. The fourth-order valence-electron chi connectivity index (χ4n) is 2.69. The number of nitrogens with zero attached hydrogens (tertiary/aromatic N) is 2. The molecule has 1 aliphatic carbocycles. The van der Waals surface area contributed by atoms with E-state index in [0.29, 0.717) is 23.8 Å². The molecule has 4 heteroatoms. The molecule has 2 atom stereocenters. The first-order valence-electron chi connectivity index (χ1n) is 6.41. The van der Waals surface area contributed by atoms with Crippen LogP contribution >= 0.6 is 0 Å². The highest BCUT2D eigenvalue weighted by Crippen LogP contribution is 2.31. The number of hydrogen-bond acceptors (Lipinski definition) is 3. The van der Waals surface area contributed by atoms with Gasteiger partial charge in [-0.2, -0.15) is 0 Å². The smallest absolute Gasteiger partial charge is 0.223 e. The molecule has 1 aromatic heterocycles. The molecule has 1 fully saturated rings. The van der Waals surface area contributed by atoms with E-state index in [9.17, 15) is 4.39 Å². The van der Waals surface area contributed by atoms with E-state index in [0.717, 1.165) is 6.42 Å². The second-order valence-corrected chi connectivity index (χ2v) is 5.17. The molecule has 1 heterocycles. The van der Waals surface area contributed by atoms with Crippen LogP contribution in [0.1, 0.15) is 39.5 Å². The lowest BCUT2D eigenvalue weighted by Gasteiger charge is -2.34. The van der Waals surface area contributed by atoms with Crippen molar-refractivity contribution in [1.82, 2.24) is 9.97 Å². The van der Waals surface area contributed by atoms with Crippen LogP contribution in [-0.2, 0) is 0 Å². The molecule has 94 valence electrons. The molecule has 3 nitrogen and oxygen atoms in total. The van der Waals surface area contributed by atoms with Crippen LogP contribution in [0.3, 0.4) is 0 Å². The van der Waals surface area contributed by atoms with Gasteiger partial charge in [-0.05, 0) is 24.7 Å². The van der Waals surface area contributed by atoms with Crippen LogP contribution in [0.4, 0.5) is 10.3 Å². The van der Waals surface area contributed by atoms with Gasteiger partial charge in [-0.1, -0.05) is 26.7 Å². The number of hydrogen-bond donors (Lipinski definition) is 1. The van der Waals surface area contributed by atoms with E-state index >= 15 is 0 Å². The van der Waals surface area contributed by atoms with Gasteiger partial charge in [0, 0.05) is 6.04 Å². The summed E-state index contributed by atoms with van der Waals surface area (Å²) in [5.41, 5.74) is 0. The monoisotopic (exact) mass is 237 g/mol. The van der Waals surface area contributed by atoms with E-state index in [4.69, 9.17) is 0 Å². The van der Waals surface area contributed by atoms with Gasteiger partial charge >= 0.3 is 0 Å². The van der Waals surface area contributed by atoms with Gasteiger partial charge in [-0.25, -0.2) is 14.4 Å². The van der Waals surface area contributed by atoms with Crippen LogP contribution in [0.15, 0.2) is 12.4 Å². The summed E-state index contributed by atoms with van der Waals surface area (Å²) in [7, 11) is 0. The Balaban J connectivity index is 2.02. The first-order valence-corrected chi connectivity index (χ1v) is 6.41. The predicted molar refractivity (Wildman–Crippen MR) is 66.2 cm³/mol. The molecule has 1 aliphatic rings. The fraction of sp³-hybridized carbons (Fsp3) is 0.692. The van der Waals surface area contributed by atoms with Gasteiger partial charge in [0.15, 0.2) is 5.82 Å². The molecule has 0 spiro atoms. The first kappa shape index (κ1) is 12.3. The Morgan fingerprint density at radius 2 is 1.88 bits per heavy atom. The molecule has 1 N–H and O–H groups in total. The Kier molecular flexibility index (Phi) is 3.92. The minimum atomic E-state index is -0.389. The number of anilines is 1. The molecule has 2 rings (SSSR count). The molecule has 1 saturated carbocycles. The average molecular weight is 237 g/mol. The third kappa shape index (κ3) is 3.14. The van der Waals surface area contributed by atoms with Crippen LogP contribution in [0.2, 0.25) is 0 Å². The third-order valence-electron chi connectivity index (χ3n) is 3.61. The maximum absolute atomic E-state index is 12.7. The van der Waals surface area contributed by atoms with Gasteiger partial charge in [0.25, 0.3) is 0 Å². The quantitative estimate of drug-likeness (QED) is 0.877. The highest BCUT2D eigenvalue weighted by Gasteiger charge is 2.27. The summed E-state index contributed by atoms with van der Waals surface area (Å²) >= 11 is 0. The highest BCUT2D eigenvalue weighted by atomic mass is 19.1. The number of halogens is 1. The number of nitrogens with one attached hydrogen (secondary N) is 1. The third-order valence-corrected chi connectivity index (χ3v) is 3.61. The van der Waals surface area contributed by atoms with Crippen LogP contribution in [0.25, 0.3) is 0 Å². The van der Waals surface area contributed by atoms with Crippen molar-refractivity contribution in [2.75, 3.05) is 5.32 Å². The van der Waals surface area contributed by atoms with Crippen LogP contribution < -0.4 is 5.32 Å². The fourth-order valence-corrected chi connectivity index (χ4v) is 2.69. The summed E-state index contributed by atoms with van der Waals surface area (Å²) in [6, 6.07) is 0.425. The Morgan fingerprint density at radius 3 is 2.53 bits per heavy atom. The molecule has 0 radical (unpaired) electrons. The van der Waals surface area contributed by atoms with E-state index in [-0.39, 0.29) is 5.82 Å². The minimum Gasteiger partial charge on any atom is -0.351 e. The normalized spacial score (nSPS) is 24.9. The lowest BCUT2D eigenvalue weighted by Crippen LogP contribution is -2.35. The van der Waals surface area contributed by atoms with Gasteiger partial charge < -0.3 is 5.32 Å². The molecule has 0 amide bonds. The summed E-state index contributed by atoms with van der Waals surface area (Å²) in [6.45, 7) is 4.52.